The number of methoxy groups -OCH3 is 1. The second-order valence-electron chi connectivity index (χ2n) is 4.28. The van der Waals surface area contributed by atoms with Gasteiger partial charge in [-0.2, -0.15) is 5.26 Å². The van der Waals surface area contributed by atoms with Crippen molar-refractivity contribution in [3.8, 4) is 11.8 Å². The van der Waals surface area contributed by atoms with E-state index in [-0.39, 0.29) is 12.2 Å². The number of rotatable bonds is 4. The minimum Gasteiger partial charge on any atom is -0.497 e. The molecule has 0 aliphatic rings. The van der Waals surface area contributed by atoms with Gasteiger partial charge in [0.05, 0.1) is 24.6 Å². The lowest BCUT2D eigenvalue weighted by molar-refractivity contribution is 0.103. The van der Waals surface area contributed by atoms with Crippen molar-refractivity contribution in [3.05, 3.63) is 52.3 Å². The average Bonchev–Trinajstić information content (AvgIpc) is 2.73. The van der Waals surface area contributed by atoms with E-state index in [0.717, 1.165) is 5.69 Å². The van der Waals surface area contributed by atoms with Crippen LogP contribution in [0.4, 0.5) is 0 Å². The lowest BCUT2D eigenvalue weighted by atomic mass is 10.1. The van der Waals surface area contributed by atoms with E-state index in [9.17, 15) is 4.79 Å². The van der Waals surface area contributed by atoms with Crippen LogP contribution in [0.5, 0.6) is 5.75 Å². The third-order valence-corrected chi connectivity index (χ3v) is 3.40. The van der Waals surface area contributed by atoms with E-state index in [4.69, 9.17) is 21.6 Å². The molecule has 0 aliphatic heterocycles. The Morgan fingerprint density at radius 1 is 1.40 bits per heavy atom. The van der Waals surface area contributed by atoms with Gasteiger partial charge in [0.2, 0.25) is 5.78 Å². The summed E-state index contributed by atoms with van der Waals surface area (Å²) >= 11 is 6.11. The number of aromatic nitrogens is 1. The molecule has 0 amide bonds. The van der Waals surface area contributed by atoms with Crippen LogP contribution in [0.1, 0.15) is 21.7 Å². The van der Waals surface area contributed by atoms with Crippen molar-refractivity contribution in [2.45, 2.75) is 6.42 Å². The highest BCUT2D eigenvalue weighted by Crippen LogP contribution is 2.24. The van der Waals surface area contributed by atoms with E-state index in [1.54, 1.807) is 49.1 Å². The lowest BCUT2D eigenvalue weighted by Gasteiger charge is -2.06. The molecule has 0 saturated carbocycles. The lowest BCUT2D eigenvalue weighted by Crippen LogP contribution is -2.09. The molecule has 0 atom stereocenters. The second-order valence-corrected chi connectivity index (χ2v) is 4.69. The minimum absolute atomic E-state index is 0.177. The van der Waals surface area contributed by atoms with Gasteiger partial charge in [-0.25, -0.2) is 0 Å². The summed E-state index contributed by atoms with van der Waals surface area (Å²) in [7, 11) is 3.30. The van der Waals surface area contributed by atoms with Crippen molar-refractivity contribution < 1.29 is 9.53 Å². The molecule has 0 spiro atoms. The maximum atomic E-state index is 12.5. The maximum Gasteiger partial charge on any atom is 0.210 e. The molecule has 0 unspecified atom stereocenters. The molecule has 2 rings (SSSR count). The van der Waals surface area contributed by atoms with Gasteiger partial charge in [-0.15, -0.1) is 0 Å². The molecule has 0 saturated heterocycles. The second kappa shape index (κ2) is 5.81. The predicted octanol–water partition coefficient (Wildman–Crippen LogP) is 2.98. The first-order valence-electron chi connectivity index (χ1n) is 5.98. The number of halogens is 1. The SMILES string of the molecule is COc1ccc(C(=O)c2c(Cl)cc(CC#N)n2C)cc1. The van der Waals surface area contributed by atoms with Gasteiger partial charge in [-0.05, 0) is 30.3 Å². The molecule has 1 aromatic heterocycles. The first kappa shape index (κ1) is 14.2. The molecule has 4 nitrogen and oxygen atoms in total. The van der Waals surface area contributed by atoms with Crippen molar-refractivity contribution in [2.75, 3.05) is 7.11 Å². The van der Waals surface area contributed by atoms with Crippen LogP contribution in [0, 0.1) is 11.3 Å². The molecule has 2 aromatic rings. The summed E-state index contributed by atoms with van der Waals surface area (Å²) in [6.45, 7) is 0. The molecule has 5 heteroatoms. The minimum atomic E-state index is -0.177. The largest absolute Gasteiger partial charge is 0.497 e. The maximum absolute atomic E-state index is 12.5. The van der Waals surface area contributed by atoms with Gasteiger partial charge in [0, 0.05) is 18.3 Å². The van der Waals surface area contributed by atoms with Crippen LogP contribution in [0.25, 0.3) is 0 Å². The highest BCUT2D eigenvalue weighted by atomic mass is 35.5. The third-order valence-electron chi connectivity index (χ3n) is 3.11. The highest BCUT2D eigenvalue weighted by molar-refractivity contribution is 6.34. The van der Waals surface area contributed by atoms with Crippen molar-refractivity contribution >= 4 is 17.4 Å². The molecule has 0 radical (unpaired) electrons. The van der Waals surface area contributed by atoms with Crippen LogP contribution in [0.3, 0.4) is 0 Å². The smallest absolute Gasteiger partial charge is 0.210 e. The number of hydrogen-bond acceptors (Lipinski definition) is 3. The number of ketones is 1. The molecule has 102 valence electrons. The van der Waals surface area contributed by atoms with Crippen LogP contribution >= 0.6 is 11.6 Å². The first-order valence-corrected chi connectivity index (χ1v) is 6.36. The Hall–Kier alpha value is -2.25. The quantitative estimate of drug-likeness (QED) is 0.813. The van der Waals surface area contributed by atoms with Crippen molar-refractivity contribution in [1.82, 2.24) is 4.57 Å². The fourth-order valence-corrected chi connectivity index (χ4v) is 2.34. The summed E-state index contributed by atoms with van der Waals surface area (Å²) in [6.07, 6.45) is 0.214. The summed E-state index contributed by atoms with van der Waals surface area (Å²) in [5.41, 5.74) is 1.63. The van der Waals surface area contributed by atoms with Crippen LogP contribution in [-0.4, -0.2) is 17.5 Å². The highest BCUT2D eigenvalue weighted by Gasteiger charge is 2.19. The summed E-state index contributed by atoms with van der Waals surface area (Å²) in [5.74, 6) is 0.508. The number of benzene rings is 1. The summed E-state index contributed by atoms with van der Waals surface area (Å²) in [6, 6.07) is 10.5. The standard InChI is InChI=1S/C15H13ClN2O2/c1-18-11(7-8-17)9-13(16)14(18)15(19)10-3-5-12(20-2)6-4-10/h3-6,9H,7H2,1-2H3. The topological polar surface area (TPSA) is 55.0 Å². The number of ether oxygens (including phenoxy) is 1. The van der Waals surface area contributed by atoms with Crippen molar-refractivity contribution in [1.29, 1.82) is 5.26 Å². The molecule has 0 bridgehead atoms. The number of nitriles is 1. The predicted molar refractivity (Wildman–Crippen MR) is 76.2 cm³/mol. The van der Waals surface area contributed by atoms with Gasteiger partial charge in [-0.1, -0.05) is 11.6 Å². The van der Waals surface area contributed by atoms with Gasteiger partial charge in [0.15, 0.2) is 0 Å². The zero-order valence-electron chi connectivity index (χ0n) is 11.2. The number of hydrogen-bond donors (Lipinski definition) is 0. The summed E-state index contributed by atoms with van der Waals surface area (Å²) < 4.78 is 6.72. The van der Waals surface area contributed by atoms with Crippen LogP contribution < -0.4 is 4.74 Å². The monoisotopic (exact) mass is 288 g/mol. The fraction of sp³-hybridized carbons (Fsp3) is 0.200. The molecule has 0 N–H and O–H groups in total. The van der Waals surface area contributed by atoms with E-state index in [0.29, 0.717) is 22.0 Å². The Bertz CT molecular complexity index is 681. The van der Waals surface area contributed by atoms with Crippen molar-refractivity contribution in [2.24, 2.45) is 7.05 Å². The molecular weight excluding hydrogens is 276 g/mol. The Balaban J connectivity index is 2.40. The van der Waals surface area contributed by atoms with Gasteiger partial charge in [0.1, 0.15) is 11.4 Å². The Kier molecular flexibility index (Phi) is 4.11. The van der Waals surface area contributed by atoms with Gasteiger partial charge >= 0.3 is 0 Å². The van der Waals surface area contributed by atoms with Gasteiger partial charge in [-0.3, -0.25) is 4.79 Å². The van der Waals surface area contributed by atoms with Crippen LogP contribution in [0.15, 0.2) is 30.3 Å². The van der Waals surface area contributed by atoms with Crippen LogP contribution in [0.2, 0.25) is 5.02 Å². The van der Waals surface area contributed by atoms with Crippen LogP contribution in [-0.2, 0) is 13.5 Å². The van der Waals surface area contributed by atoms with E-state index >= 15 is 0 Å². The molecule has 1 heterocycles. The molecule has 0 aliphatic carbocycles. The summed E-state index contributed by atoms with van der Waals surface area (Å²) in [4.78, 5) is 12.5. The normalized spacial score (nSPS) is 10.1. The number of nitrogens with zero attached hydrogens (tertiary/aromatic N) is 2. The molecule has 20 heavy (non-hydrogen) atoms. The summed E-state index contributed by atoms with van der Waals surface area (Å²) in [5, 5.41) is 9.11. The molecular formula is C15H13ClN2O2. The average molecular weight is 289 g/mol. The fourth-order valence-electron chi connectivity index (χ4n) is 2.01. The van der Waals surface area contributed by atoms with E-state index in [2.05, 4.69) is 6.07 Å². The zero-order valence-corrected chi connectivity index (χ0v) is 11.9. The third kappa shape index (κ3) is 2.54. The van der Waals surface area contributed by atoms with Gasteiger partial charge < -0.3 is 9.30 Å². The number of carbonyl (C=O) groups is 1. The van der Waals surface area contributed by atoms with E-state index in [1.165, 1.54) is 0 Å². The van der Waals surface area contributed by atoms with Gasteiger partial charge in [0.25, 0.3) is 0 Å². The Labute approximate surface area is 122 Å². The molecule has 0 fully saturated rings. The zero-order chi connectivity index (χ0) is 14.7. The van der Waals surface area contributed by atoms with Crippen molar-refractivity contribution in [3.63, 3.8) is 0 Å². The van der Waals surface area contributed by atoms with E-state index < -0.39 is 0 Å². The van der Waals surface area contributed by atoms with E-state index in [1.807, 2.05) is 0 Å². The molecule has 1 aromatic carbocycles. The Morgan fingerprint density at radius 3 is 2.60 bits per heavy atom. The number of carbonyl (C=O) groups excluding carboxylic acids is 1. The first-order chi connectivity index (χ1) is 9.58. The Morgan fingerprint density at radius 2 is 2.05 bits per heavy atom.